The molecule has 0 aliphatic heterocycles. The van der Waals surface area contributed by atoms with Crippen LogP contribution in [0.1, 0.15) is 5.69 Å². The molecule has 0 bridgehead atoms. The molecule has 0 aliphatic rings. The molecule has 0 atom stereocenters. The summed E-state index contributed by atoms with van der Waals surface area (Å²) < 4.78 is 13.4. The number of H-pyrrole nitrogens is 1. The molecule has 2 rings (SSSR count). The third-order valence-corrected chi connectivity index (χ3v) is 2.96. The van der Waals surface area contributed by atoms with E-state index in [-0.39, 0.29) is 11.5 Å². The number of rotatable bonds is 2. The Morgan fingerprint density at radius 1 is 1.40 bits per heavy atom. The third kappa shape index (κ3) is 1.84. The molecule has 2 N–H and O–H groups in total. The standard InChI is InChI=1S/C10H8FNO2S/c11-7-4-2-1-3-6(7)9-8(5-13)12-10(14)15-9/h1-4,13H,5H2,(H,12,14). The zero-order valence-electron chi connectivity index (χ0n) is 7.66. The third-order valence-electron chi connectivity index (χ3n) is 2.00. The number of nitrogens with one attached hydrogen (secondary N) is 1. The van der Waals surface area contributed by atoms with E-state index in [0.717, 1.165) is 11.3 Å². The molecular weight excluding hydrogens is 217 g/mol. The van der Waals surface area contributed by atoms with Crippen molar-refractivity contribution in [2.75, 3.05) is 0 Å². The Balaban J connectivity index is 2.63. The van der Waals surface area contributed by atoms with Crippen molar-refractivity contribution in [3.8, 4) is 10.4 Å². The van der Waals surface area contributed by atoms with Crippen molar-refractivity contribution in [2.45, 2.75) is 6.61 Å². The fourth-order valence-corrected chi connectivity index (χ4v) is 2.21. The number of aromatic nitrogens is 1. The van der Waals surface area contributed by atoms with E-state index in [1.165, 1.54) is 6.07 Å². The normalized spacial score (nSPS) is 10.5. The minimum Gasteiger partial charge on any atom is -0.390 e. The minimum atomic E-state index is -0.401. The molecule has 0 radical (unpaired) electrons. The summed E-state index contributed by atoms with van der Waals surface area (Å²) in [5.41, 5.74) is 0.694. The van der Waals surface area contributed by atoms with Gasteiger partial charge in [0.15, 0.2) is 0 Å². The number of halogens is 1. The van der Waals surface area contributed by atoms with Gasteiger partial charge in [0.1, 0.15) is 5.82 Å². The highest BCUT2D eigenvalue weighted by molar-refractivity contribution is 7.13. The average molecular weight is 225 g/mol. The van der Waals surface area contributed by atoms with E-state index in [0.29, 0.717) is 16.1 Å². The van der Waals surface area contributed by atoms with Gasteiger partial charge in [0.25, 0.3) is 0 Å². The highest BCUT2D eigenvalue weighted by atomic mass is 32.1. The van der Waals surface area contributed by atoms with Crippen LogP contribution in [-0.2, 0) is 6.61 Å². The number of aliphatic hydroxyl groups is 1. The number of hydrogen-bond acceptors (Lipinski definition) is 3. The summed E-state index contributed by atoms with van der Waals surface area (Å²) in [5, 5.41) is 9.00. The second-order valence-corrected chi connectivity index (χ2v) is 3.94. The second-order valence-electron chi connectivity index (χ2n) is 2.96. The smallest absolute Gasteiger partial charge is 0.305 e. The molecule has 3 nitrogen and oxygen atoms in total. The topological polar surface area (TPSA) is 53.1 Å². The van der Waals surface area contributed by atoms with E-state index in [1.54, 1.807) is 18.2 Å². The first kappa shape index (κ1) is 10.1. The highest BCUT2D eigenvalue weighted by Crippen LogP contribution is 2.27. The maximum atomic E-state index is 13.4. The van der Waals surface area contributed by atoms with E-state index in [4.69, 9.17) is 5.11 Å². The van der Waals surface area contributed by atoms with Crippen molar-refractivity contribution in [3.63, 3.8) is 0 Å². The fourth-order valence-electron chi connectivity index (χ4n) is 1.33. The molecule has 0 aliphatic carbocycles. The van der Waals surface area contributed by atoms with Crippen molar-refractivity contribution < 1.29 is 9.50 Å². The monoisotopic (exact) mass is 225 g/mol. The van der Waals surface area contributed by atoms with Crippen LogP contribution in [0.5, 0.6) is 0 Å². The average Bonchev–Trinajstić information content (AvgIpc) is 2.60. The molecular formula is C10H8FNO2S. The number of hydrogen-bond donors (Lipinski definition) is 2. The van der Waals surface area contributed by atoms with Gasteiger partial charge in [-0.15, -0.1) is 0 Å². The van der Waals surface area contributed by atoms with Gasteiger partial charge >= 0.3 is 4.87 Å². The summed E-state index contributed by atoms with van der Waals surface area (Å²) in [6.45, 7) is -0.303. The molecule has 0 spiro atoms. The van der Waals surface area contributed by atoms with Crippen molar-refractivity contribution in [1.29, 1.82) is 0 Å². The zero-order valence-corrected chi connectivity index (χ0v) is 8.47. The van der Waals surface area contributed by atoms with E-state index < -0.39 is 5.82 Å². The molecule has 1 aromatic heterocycles. The highest BCUT2D eigenvalue weighted by Gasteiger charge is 2.12. The Bertz CT molecular complexity index is 532. The van der Waals surface area contributed by atoms with Gasteiger partial charge < -0.3 is 10.1 Å². The molecule has 5 heteroatoms. The zero-order chi connectivity index (χ0) is 10.8. The SMILES string of the molecule is O=c1[nH]c(CO)c(-c2ccccc2F)s1. The van der Waals surface area contributed by atoms with Crippen molar-refractivity contribution >= 4 is 11.3 Å². The maximum absolute atomic E-state index is 13.4. The van der Waals surface area contributed by atoms with Gasteiger partial charge in [0, 0.05) is 5.56 Å². The molecule has 0 saturated heterocycles. The van der Waals surface area contributed by atoms with Gasteiger partial charge in [-0.2, -0.15) is 0 Å². The van der Waals surface area contributed by atoms with E-state index in [2.05, 4.69) is 4.98 Å². The Morgan fingerprint density at radius 3 is 2.80 bits per heavy atom. The lowest BCUT2D eigenvalue weighted by Crippen LogP contribution is -1.95. The predicted molar refractivity (Wildman–Crippen MR) is 56.3 cm³/mol. The molecule has 1 aromatic carbocycles. The summed E-state index contributed by atoms with van der Waals surface area (Å²) in [7, 11) is 0. The Labute approximate surface area is 88.8 Å². The largest absolute Gasteiger partial charge is 0.390 e. The number of aromatic amines is 1. The van der Waals surface area contributed by atoms with Crippen LogP contribution in [0.25, 0.3) is 10.4 Å². The molecule has 15 heavy (non-hydrogen) atoms. The van der Waals surface area contributed by atoms with Crippen LogP contribution in [0.4, 0.5) is 4.39 Å². The van der Waals surface area contributed by atoms with Gasteiger partial charge in [0.2, 0.25) is 0 Å². The fraction of sp³-hybridized carbons (Fsp3) is 0.100. The lowest BCUT2D eigenvalue weighted by Gasteiger charge is -2.01. The van der Waals surface area contributed by atoms with Crippen LogP contribution >= 0.6 is 11.3 Å². The molecule has 78 valence electrons. The summed E-state index contributed by atoms with van der Waals surface area (Å²) in [5.74, 6) is -0.401. The molecule has 0 unspecified atom stereocenters. The lowest BCUT2D eigenvalue weighted by molar-refractivity contribution is 0.278. The molecule has 0 amide bonds. The Morgan fingerprint density at radius 2 is 2.13 bits per heavy atom. The van der Waals surface area contributed by atoms with Crippen molar-refractivity contribution in [2.24, 2.45) is 0 Å². The van der Waals surface area contributed by atoms with E-state index in [1.807, 2.05) is 0 Å². The summed E-state index contributed by atoms with van der Waals surface area (Å²) in [4.78, 5) is 13.7. The van der Waals surface area contributed by atoms with Crippen LogP contribution in [0.2, 0.25) is 0 Å². The van der Waals surface area contributed by atoms with E-state index in [9.17, 15) is 9.18 Å². The molecule has 1 heterocycles. The number of thiazole rings is 1. The Kier molecular flexibility index (Phi) is 2.66. The summed E-state index contributed by atoms with van der Waals surface area (Å²) in [6, 6.07) is 6.16. The quantitative estimate of drug-likeness (QED) is 0.817. The van der Waals surface area contributed by atoms with Gasteiger partial charge in [-0.05, 0) is 6.07 Å². The molecule has 0 fully saturated rings. The summed E-state index contributed by atoms with van der Waals surface area (Å²) >= 11 is 0.895. The number of benzene rings is 1. The second kappa shape index (κ2) is 3.96. The predicted octanol–water partition coefficient (Wildman–Crippen LogP) is 1.73. The van der Waals surface area contributed by atoms with Crippen molar-refractivity contribution in [1.82, 2.24) is 4.98 Å². The van der Waals surface area contributed by atoms with Crippen LogP contribution < -0.4 is 4.87 Å². The van der Waals surface area contributed by atoms with Crippen LogP contribution in [0.3, 0.4) is 0 Å². The summed E-state index contributed by atoms with van der Waals surface area (Å²) in [6.07, 6.45) is 0. The van der Waals surface area contributed by atoms with Gasteiger partial charge in [0.05, 0.1) is 17.2 Å². The van der Waals surface area contributed by atoms with Gasteiger partial charge in [-0.25, -0.2) is 4.39 Å². The Hall–Kier alpha value is -1.46. The minimum absolute atomic E-state index is 0.294. The van der Waals surface area contributed by atoms with Crippen LogP contribution in [0.15, 0.2) is 29.1 Å². The van der Waals surface area contributed by atoms with Gasteiger partial charge in [-0.1, -0.05) is 29.5 Å². The molecule has 0 saturated carbocycles. The molecule has 2 aromatic rings. The number of aliphatic hydroxyl groups excluding tert-OH is 1. The first-order chi connectivity index (χ1) is 7.22. The van der Waals surface area contributed by atoms with Crippen molar-refractivity contribution in [3.05, 3.63) is 45.4 Å². The lowest BCUT2D eigenvalue weighted by atomic mass is 10.1. The van der Waals surface area contributed by atoms with Crippen LogP contribution in [-0.4, -0.2) is 10.1 Å². The first-order valence-electron chi connectivity index (χ1n) is 4.30. The van der Waals surface area contributed by atoms with E-state index >= 15 is 0 Å². The van der Waals surface area contributed by atoms with Gasteiger partial charge in [-0.3, -0.25) is 4.79 Å². The maximum Gasteiger partial charge on any atom is 0.305 e. The first-order valence-corrected chi connectivity index (χ1v) is 5.11. The van der Waals surface area contributed by atoms with Crippen LogP contribution in [0, 0.1) is 5.82 Å².